The lowest BCUT2D eigenvalue weighted by Gasteiger charge is -2.34. The monoisotopic (exact) mass is 304 g/mol. The minimum Gasteiger partial charge on any atom is -0.330 e. The van der Waals surface area contributed by atoms with E-state index < -0.39 is 10.2 Å². The number of rotatable bonds is 5. The number of hydrogen-bond acceptors (Lipinski definition) is 4. The van der Waals surface area contributed by atoms with Crippen LogP contribution in [0.3, 0.4) is 0 Å². The highest BCUT2D eigenvalue weighted by atomic mass is 32.2. The Kier molecular flexibility index (Phi) is 5.42. The Bertz CT molecular complexity index is 407. The Morgan fingerprint density at radius 3 is 2.25 bits per heavy atom. The summed E-state index contributed by atoms with van der Waals surface area (Å²) < 4.78 is 28.3. The van der Waals surface area contributed by atoms with Gasteiger partial charge in [0.15, 0.2) is 0 Å². The van der Waals surface area contributed by atoms with Gasteiger partial charge in [-0.15, -0.1) is 0 Å². The number of hydrogen-bond donors (Lipinski definition) is 1. The summed E-state index contributed by atoms with van der Waals surface area (Å²) >= 11 is 0. The summed E-state index contributed by atoms with van der Waals surface area (Å²) in [4.78, 5) is 2.26. The summed E-state index contributed by atoms with van der Waals surface area (Å²) in [5.41, 5.74) is 5.66. The Morgan fingerprint density at radius 2 is 1.75 bits per heavy atom. The molecule has 2 N–H and O–H groups in total. The molecular weight excluding hydrogens is 276 g/mol. The molecule has 2 aliphatic heterocycles. The summed E-state index contributed by atoms with van der Waals surface area (Å²) in [7, 11) is 0.509. The van der Waals surface area contributed by atoms with Gasteiger partial charge in [-0.25, -0.2) is 0 Å². The number of nitrogens with two attached hydrogens (primary N) is 1. The van der Waals surface area contributed by atoms with Crippen molar-refractivity contribution >= 4 is 10.2 Å². The standard InChI is InChI=1S/C13H28N4O2S/c1-15-6-3-13(10-15)11-16(2)20(18,19)17-7-4-12(9-14)5-8-17/h12-13H,3-11,14H2,1-2H3. The van der Waals surface area contributed by atoms with Crippen LogP contribution in [0.5, 0.6) is 0 Å². The first-order valence-corrected chi connectivity index (χ1v) is 8.93. The molecule has 2 heterocycles. The van der Waals surface area contributed by atoms with Crippen LogP contribution in [0.2, 0.25) is 0 Å². The average molecular weight is 304 g/mol. The molecule has 0 spiro atoms. The van der Waals surface area contributed by atoms with Crippen molar-refractivity contribution in [2.24, 2.45) is 17.6 Å². The normalized spacial score (nSPS) is 27.5. The van der Waals surface area contributed by atoms with Gasteiger partial charge >= 0.3 is 0 Å². The molecule has 20 heavy (non-hydrogen) atoms. The molecule has 0 aromatic heterocycles. The second-order valence-electron chi connectivity index (χ2n) is 6.28. The fourth-order valence-electron chi connectivity index (χ4n) is 3.21. The number of likely N-dealkylation sites (tertiary alicyclic amines) is 1. The lowest BCUT2D eigenvalue weighted by atomic mass is 9.99. The van der Waals surface area contributed by atoms with E-state index in [1.807, 2.05) is 0 Å². The lowest BCUT2D eigenvalue weighted by molar-refractivity contribution is 0.257. The zero-order chi connectivity index (χ0) is 14.8. The molecule has 0 aliphatic carbocycles. The molecule has 0 aromatic carbocycles. The number of piperidine rings is 1. The van der Waals surface area contributed by atoms with Gasteiger partial charge in [0.2, 0.25) is 0 Å². The molecular formula is C13H28N4O2S. The van der Waals surface area contributed by atoms with Crippen LogP contribution in [0.1, 0.15) is 19.3 Å². The van der Waals surface area contributed by atoms with Gasteiger partial charge < -0.3 is 10.6 Å². The van der Waals surface area contributed by atoms with Crippen LogP contribution < -0.4 is 5.73 Å². The Morgan fingerprint density at radius 1 is 1.15 bits per heavy atom. The molecule has 7 heteroatoms. The van der Waals surface area contributed by atoms with Crippen LogP contribution in [0.4, 0.5) is 0 Å². The van der Waals surface area contributed by atoms with Crippen LogP contribution in [0, 0.1) is 11.8 Å². The third-order valence-electron chi connectivity index (χ3n) is 4.63. The van der Waals surface area contributed by atoms with Gasteiger partial charge in [-0.3, -0.25) is 0 Å². The fourth-order valence-corrected chi connectivity index (χ4v) is 4.67. The largest absolute Gasteiger partial charge is 0.330 e. The molecule has 0 aromatic rings. The molecule has 118 valence electrons. The van der Waals surface area contributed by atoms with Crippen molar-refractivity contribution in [2.45, 2.75) is 19.3 Å². The first-order valence-electron chi connectivity index (χ1n) is 7.53. The highest BCUT2D eigenvalue weighted by molar-refractivity contribution is 7.86. The molecule has 6 nitrogen and oxygen atoms in total. The van der Waals surface area contributed by atoms with Crippen molar-refractivity contribution < 1.29 is 8.42 Å². The van der Waals surface area contributed by atoms with E-state index in [1.165, 1.54) is 0 Å². The molecule has 2 saturated heterocycles. The SMILES string of the molecule is CN1CCC(CN(C)S(=O)(=O)N2CCC(CN)CC2)C1. The van der Waals surface area contributed by atoms with Crippen molar-refractivity contribution in [2.75, 3.05) is 53.4 Å². The minimum absolute atomic E-state index is 0.460. The van der Waals surface area contributed by atoms with E-state index in [0.717, 1.165) is 32.4 Å². The maximum atomic E-state index is 12.6. The van der Waals surface area contributed by atoms with Crippen LogP contribution in [-0.4, -0.2) is 75.3 Å². The molecule has 1 atom stereocenters. The second kappa shape index (κ2) is 6.70. The van der Waals surface area contributed by atoms with Crippen LogP contribution in [-0.2, 0) is 10.2 Å². The van der Waals surface area contributed by atoms with E-state index in [-0.39, 0.29) is 0 Å². The van der Waals surface area contributed by atoms with E-state index >= 15 is 0 Å². The third-order valence-corrected chi connectivity index (χ3v) is 6.59. The van der Waals surface area contributed by atoms with E-state index in [0.29, 0.717) is 38.0 Å². The molecule has 0 amide bonds. The van der Waals surface area contributed by atoms with Crippen molar-refractivity contribution in [1.29, 1.82) is 0 Å². The summed E-state index contributed by atoms with van der Waals surface area (Å²) in [5, 5.41) is 0. The summed E-state index contributed by atoms with van der Waals surface area (Å²) in [5.74, 6) is 0.941. The molecule has 2 rings (SSSR count). The van der Waals surface area contributed by atoms with E-state index in [9.17, 15) is 8.42 Å². The predicted molar refractivity (Wildman–Crippen MR) is 80.5 cm³/mol. The van der Waals surface area contributed by atoms with E-state index in [1.54, 1.807) is 15.7 Å². The maximum absolute atomic E-state index is 12.6. The quantitative estimate of drug-likeness (QED) is 0.763. The van der Waals surface area contributed by atoms with Gasteiger partial charge in [0.25, 0.3) is 10.2 Å². The van der Waals surface area contributed by atoms with E-state index in [4.69, 9.17) is 5.73 Å². The Balaban J connectivity index is 1.89. The maximum Gasteiger partial charge on any atom is 0.281 e. The second-order valence-corrected chi connectivity index (χ2v) is 8.32. The number of nitrogens with zero attached hydrogens (tertiary/aromatic N) is 3. The van der Waals surface area contributed by atoms with Gasteiger partial charge in [-0.05, 0) is 51.2 Å². The van der Waals surface area contributed by atoms with Crippen LogP contribution in [0.15, 0.2) is 0 Å². The summed E-state index contributed by atoms with van der Waals surface area (Å²) in [6, 6.07) is 0. The van der Waals surface area contributed by atoms with Gasteiger partial charge in [0.05, 0.1) is 0 Å². The molecule has 0 saturated carbocycles. The fraction of sp³-hybridized carbons (Fsp3) is 1.00. The van der Waals surface area contributed by atoms with Crippen LogP contribution >= 0.6 is 0 Å². The predicted octanol–water partition coefficient (Wildman–Crippen LogP) is -0.215. The zero-order valence-electron chi connectivity index (χ0n) is 12.7. The van der Waals surface area contributed by atoms with Gasteiger partial charge in [0, 0.05) is 33.2 Å². The van der Waals surface area contributed by atoms with Crippen molar-refractivity contribution in [1.82, 2.24) is 13.5 Å². The molecule has 2 aliphatic rings. The average Bonchev–Trinajstić information content (AvgIpc) is 2.84. The highest BCUT2D eigenvalue weighted by Crippen LogP contribution is 2.22. The molecule has 0 radical (unpaired) electrons. The smallest absolute Gasteiger partial charge is 0.281 e. The topological polar surface area (TPSA) is 69.9 Å². The van der Waals surface area contributed by atoms with Gasteiger partial charge in [0.1, 0.15) is 0 Å². The minimum atomic E-state index is -3.29. The lowest BCUT2D eigenvalue weighted by Crippen LogP contribution is -2.47. The first kappa shape index (κ1) is 16.2. The molecule has 1 unspecified atom stereocenters. The van der Waals surface area contributed by atoms with Gasteiger partial charge in [-0.1, -0.05) is 0 Å². The van der Waals surface area contributed by atoms with E-state index in [2.05, 4.69) is 11.9 Å². The van der Waals surface area contributed by atoms with Crippen molar-refractivity contribution in [3.05, 3.63) is 0 Å². The molecule has 2 fully saturated rings. The van der Waals surface area contributed by atoms with Crippen LogP contribution in [0.25, 0.3) is 0 Å². The molecule has 0 bridgehead atoms. The zero-order valence-corrected chi connectivity index (χ0v) is 13.5. The Hall–Kier alpha value is -0.210. The van der Waals surface area contributed by atoms with Crippen molar-refractivity contribution in [3.63, 3.8) is 0 Å². The highest BCUT2D eigenvalue weighted by Gasteiger charge is 2.32. The summed E-state index contributed by atoms with van der Waals surface area (Å²) in [6.07, 6.45) is 2.86. The first-order chi connectivity index (χ1) is 9.43. The Labute approximate surface area is 123 Å². The summed E-state index contributed by atoms with van der Waals surface area (Å²) in [6.45, 7) is 4.58. The van der Waals surface area contributed by atoms with Crippen molar-refractivity contribution in [3.8, 4) is 0 Å². The third kappa shape index (κ3) is 3.71. The van der Waals surface area contributed by atoms with Gasteiger partial charge in [-0.2, -0.15) is 17.0 Å².